The number of halogens is 1. The molecule has 3 nitrogen and oxygen atoms in total. The summed E-state index contributed by atoms with van der Waals surface area (Å²) in [5.74, 6) is 2.10. The van der Waals surface area contributed by atoms with Crippen LogP contribution >= 0.6 is 39.0 Å². The summed E-state index contributed by atoms with van der Waals surface area (Å²) in [5, 5.41) is 3.98. The summed E-state index contributed by atoms with van der Waals surface area (Å²) in [6.45, 7) is 4.18. The lowest BCUT2D eigenvalue weighted by Crippen LogP contribution is -2.32. The Morgan fingerprint density at radius 3 is 3.00 bits per heavy atom. The minimum atomic E-state index is -0.0705. The molecule has 1 amide bonds. The van der Waals surface area contributed by atoms with Gasteiger partial charge in [-0.25, -0.2) is 0 Å². The van der Waals surface area contributed by atoms with Crippen LogP contribution in [-0.2, 0) is 0 Å². The van der Waals surface area contributed by atoms with E-state index in [2.05, 4.69) is 28.2 Å². The minimum Gasteiger partial charge on any atom is -0.397 e. The third-order valence-corrected chi connectivity index (χ3v) is 5.78. The fraction of sp³-hybridized carbons (Fsp3) is 0.400. The zero-order chi connectivity index (χ0) is 15.4. The summed E-state index contributed by atoms with van der Waals surface area (Å²) in [6, 6.07) is 6.07. The molecule has 6 heteroatoms. The zero-order valence-corrected chi connectivity index (χ0v) is 15.3. The molecule has 3 N–H and O–H groups in total. The Morgan fingerprint density at radius 1 is 1.52 bits per heavy atom. The maximum absolute atomic E-state index is 12.4. The summed E-state index contributed by atoms with van der Waals surface area (Å²) in [5.41, 5.74) is 6.70. The van der Waals surface area contributed by atoms with E-state index in [9.17, 15) is 4.79 Å². The SMILES string of the molecule is CCSCCC(C)NC(=O)c1sc2ccc(Br)cc2c1N. The quantitative estimate of drug-likeness (QED) is 0.718. The van der Waals surface area contributed by atoms with Crippen molar-refractivity contribution in [3.63, 3.8) is 0 Å². The third kappa shape index (κ3) is 4.14. The van der Waals surface area contributed by atoms with Crippen molar-refractivity contribution in [2.24, 2.45) is 0 Å². The first-order chi connectivity index (χ1) is 10.0. The first-order valence-electron chi connectivity index (χ1n) is 6.89. The van der Waals surface area contributed by atoms with Gasteiger partial charge in [-0.15, -0.1) is 11.3 Å². The van der Waals surface area contributed by atoms with Gasteiger partial charge in [0.05, 0.1) is 5.69 Å². The smallest absolute Gasteiger partial charge is 0.263 e. The number of nitrogens with one attached hydrogen (secondary N) is 1. The Morgan fingerprint density at radius 2 is 2.29 bits per heavy atom. The van der Waals surface area contributed by atoms with E-state index >= 15 is 0 Å². The highest BCUT2D eigenvalue weighted by Crippen LogP contribution is 2.35. The number of fused-ring (bicyclic) bond motifs is 1. The lowest BCUT2D eigenvalue weighted by Gasteiger charge is -2.12. The van der Waals surface area contributed by atoms with Crippen LogP contribution in [0.5, 0.6) is 0 Å². The van der Waals surface area contributed by atoms with Gasteiger partial charge < -0.3 is 11.1 Å². The predicted molar refractivity (Wildman–Crippen MR) is 98.5 cm³/mol. The zero-order valence-electron chi connectivity index (χ0n) is 12.1. The first kappa shape index (κ1) is 16.6. The largest absolute Gasteiger partial charge is 0.397 e. The van der Waals surface area contributed by atoms with E-state index in [1.165, 1.54) is 11.3 Å². The fourth-order valence-corrected chi connectivity index (χ4v) is 4.20. The molecule has 1 unspecified atom stereocenters. The van der Waals surface area contributed by atoms with Crippen molar-refractivity contribution in [3.05, 3.63) is 27.5 Å². The molecule has 1 atom stereocenters. The molecule has 0 radical (unpaired) electrons. The van der Waals surface area contributed by atoms with Gasteiger partial charge in [0.15, 0.2) is 0 Å². The van der Waals surface area contributed by atoms with Gasteiger partial charge in [-0.1, -0.05) is 22.9 Å². The Kier molecular flexibility index (Phi) is 5.96. The number of anilines is 1. The number of nitrogens with two attached hydrogens (primary N) is 1. The van der Waals surface area contributed by atoms with Crippen molar-refractivity contribution in [1.82, 2.24) is 5.32 Å². The number of hydrogen-bond donors (Lipinski definition) is 2. The Balaban J connectivity index is 2.10. The van der Waals surface area contributed by atoms with E-state index in [1.54, 1.807) is 0 Å². The summed E-state index contributed by atoms with van der Waals surface area (Å²) in [7, 11) is 0. The van der Waals surface area contributed by atoms with Gasteiger partial charge in [-0.2, -0.15) is 11.8 Å². The van der Waals surface area contributed by atoms with E-state index < -0.39 is 0 Å². The number of carbonyl (C=O) groups excluding carboxylic acids is 1. The average molecular weight is 387 g/mol. The van der Waals surface area contributed by atoms with Crippen LogP contribution in [-0.4, -0.2) is 23.5 Å². The number of amides is 1. The number of benzene rings is 1. The number of hydrogen-bond acceptors (Lipinski definition) is 4. The van der Waals surface area contributed by atoms with Gasteiger partial charge in [-0.05, 0) is 43.0 Å². The fourth-order valence-electron chi connectivity index (χ4n) is 2.02. The minimum absolute atomic E-state index is 0.0705. The summed E-state index contributed by atoms with van der Waals surface area (Å²) < 4.78 is 2.01. The molecule has 1 aromatic carbocycles. The molecule has 0 bridgehead atoms. The van der Waals surface area contributed by atoms with Crippen LogP contribution in [0.4, 0.5) is 5.69 Å². The number of thiophene rings is 1. The van der Waals surface area contributed by atoms with Gasteiger partial charge in [-0.3, -0.25) is 4.79 Å². The molecule has 21 heavy (non-hydrogen) atoms. The molecule has 0 fully saturated rings. The summed E-state index contributed by atoms with van der Waals surface area (Å²) in [4.78, 5) is 13.0. The van der Waals surface area contributed by atoms with Crippen molar-refractivity contribution < 1.29 is 4.79 Å². The van der Waals surface area contributed by atoms with Crippen LogP contribution in [0.3, 0.4) is 0 Å². The van der Waals surface area contributed by atoms with E-state index in [-0.39, 0.29) is 11.9 Å². The topological polar surface area (TPSA) is 55.1 Å². The molecule has 0 aliphatic carbocycles. The van der Waals surface area contributed by atoms with Crippen molar-refractivity contribution in [2.75, 3.05) is 17.2 Å². The molecule has 0 saturated heterocycles. The highest BCUT2D eigenvalue weighted by molar-refractivity contribution is 9.10. The second kappa shape index (κ2) is 7.51. The molecule has 114 valence electrons. The van der Waals surface area contributed by atoms with Crippen LogP contribution in [0.15, 0.2) is 22.7 Å². The molecule has 2 aromatic rings. The van der Waals surface area contributed by atoms with Gasteiger partial charge in [0.25, 0.3) is 5.91 Å². The predicted octanol–water partition coefficient (Wildman–Crippen LogP) is 4.51. The Labute approximate surface area is 141 Å². The molecule has 0 saturated carbocycles. The highest BCUT2D eigenvalue weighted by Gasteiger charge is 2.18. The van der Waals surface area contributed by atoms with Crippen LogP contribution in [0, 0.1) is 0 Å². The number of nitrogen functional groups attached to an aromatic ring is 1. The molecule has 1 heterocycles. The van der Waals surface area contributed by atoms with Crippen molar-refractivity contribution in [2.45, 2.75) is 26.3 Å². The van der Waals surface area contributed by atoms with Crippen LogP contribution in [0.2, 0.25) is 0 Å². The van der Waals surface area contributed by atoms with Crippen molar-refractivity contribution in [3.8, 4) is 0 Å². The van der Waals surface area contributed by atoms with Crippen molar-refractivity contribution >= 4 is 60.7 Å². The molecule has 0 aliphatic heterocycles. The van der Waals surface area contributed by atoms with Crippen LogP contribution < -0.4 is 11.1 Å². The number of carbonyl (C=O) groups is 1. The summed E-state index contributed by atoms with van der Waals surface area (Å²) in [6.07, 6.45) is 0.973. The summed E-state index contributed by atoms with van der Waals surface area (Å²) >= 11 is 6.77. The first-order valence-corrected chi connectivity index (χ1v) is 9.65. The average Bonchev–Trinajstić information content (AvgIpc) is 2.76. The monoisotopic (exact) mass is 386 g/mol. The van der Waals surface area contributed by atoms with Gasteiger partial charge in [0.1, 0.15) is 4.88 Å². The van der Waals surface area contributed by atoms with E-state index in [4.69, 9.17) is 5.73 Å². The molecule has 1 aromatic heterocycles. The number of rotatable bonds is 6. The molecular formula is C15H19BrN2OS2. The Bertz CT molecular complexity index is 642. The van der Waals surface area contributed by atoms with Gasteiger partial charge in [0, 0.05) is 20.6 Å². The second-order valence-electron chi connectivity index (χ2n) is 4.85. The molecular weight excluding hydrogens is 368 g/mol. The van der Waals surface area contributed by atoms with E-state index in [1.807, 2.05) is 36.9 Å². The maximum Gasteiger partial charge on any atom is 0.263 e. The Hall–Kier alpha value is -0.720. The lowest BCUT2D eigenvalue weighted by molar-refractivity contribution is 0.0944. The van der Waals surface area contributed by atoms with Gasteiger partial charge in [0.2, 0.25) is 0 Å². The lowest BCUT2D eigenvalue weighted by atomic mass is 10.2. The normalized spacial score (nSPS) is 12.5. The maximum atomic E-state index is 12.4. The number of thioether (sulfide) groups is 1. The van der Waals surface area contributed by atoms with E-state index in [0.29, 0.717) is 10.6 Å². The third-order valence-electron chi connectivity index (χ3n) is 3.17. The van der Waals surface area contributed by atoms with Crippen molar-refractivity contribution in [1.29, 1.82) is 0 Å². The molecule has 0 spiro atoms. The van der Waals surface area contributed by atoms with Crippen LogP contribution in [0.1, 0.15) is 29.9 Å². The van der Waals surface area contributed by atoms with Gasteiger partial charge >= 0.3 is 0 Å². The second-order valence-corrected chi connectivity index (χ2v) is 8.21. The molecule has 2 rings (SSSR count). The van der Waals surface area contributed by atoms with Crippen LogP contribution in [0.25, 0.3) is 10.1 Å². The molecule has 0 aliphatic rings. The highest BCUT2D eigenvalue weighted by atomic mass is 79.9. The van der Waals surface area contributed by atoms with E-state index in [0.717, 1.165) is 32.5 Å². The standard InChI is InChI=1S/C15H19BrN2OS2/c1-3-20-7-6-9(2)18-15(19)14-13(17)11-8-10(16)4-5-12(11)21-14/h4-5,8-9H,3,6-7,17H2,1-2H3,(H,18,19).